The number of nitriles is 1. The first-order valence-corrected chi connectivity index (χ1v) is 6.31. The quantitative estimate of drug-likeness (QED) is 0.883. The zero-order chi connectivity index (χ0) is 14.6. The molecule has 0 fully saturated rings. The van der Waals surface area contributed by atoms with Gasteiger partial charge in [-0.25, -0.2) is 0 Å². The topological polar surface area (TPSA) is 64.3 Å². The summed E-state index contributed by atoms with van der Waals surface area (Å²) in [5, 5.41) is 18.1. The van der Waals surface area contributed by atoms with E-state index < -0.39 is 11.5 Å². The number of rotatable bonds is 5. The van der Waals surface area contributed by atoms with Crippen LogP contribution in [-0.4, -0.2) is 28.1 Å². The van der Waals surface area contributed by atoms with Gasteiger partial charge in [0.1, 0.15) is 5.54 Å². The summed E-state index contributed by atoms with van der Waals surface area (Å²) in [6.45, 7) is 8.52. The molecule has 0 saturated heterocycles. The summed E-state index contributed by atoms with van der Waals surface area (Å²) in [5.41, 5.74) is 1.78. The van der Waals surface area contributed by atoms with Crippen LogP contribution in [0.15, 0.2) is 18.2 Å². The second kappa shape index (κ2) is 5.85. The predicted molar refractivity (Wildman–Crippen MR) is 73.7 cm³/mol. The van der Waals surface area contributed by atoms with Gasteiger partial charge >= 0.3 is 5.97 Å². The van der Waals surface area contributed by atoms with E-state index >= 15 is 0 Å². The summed E-state index contributed by atoms with van der Waals surface area (Å²) < 4.78 is 0. The van der Waals surface area contributed by atoms with Crippen LogP contribution in [0.25, 0.3) is 0 Å². The molecule has 4 nitrogen and oxygen atoms in total. The van der Waals surface area contributed by atoms with E-state index in [1.807, 2.05) is 30.9 Å². The normalized spacial score (nSPS) is 11.4. The van der Waals surface area contributed by atoms with Gasteiger partial charge in [-0.1, -0.05) is 13.0 Å². The Bertz CT molecular complexity index is 515. The molecule has 0 spiro atoms. The van der Waals surface area contributed by atoms with Crippen LogP contribution < -0.4 is 0 Å². The minimum atomic E-state index is -0.908. The van der Waals surface area contributed by atoms with Crippen LogP contribution in [0.3, 0.4) is 0 Å². The molecule has 0 aliphatic carbocycles. The Morgan fingerprint density at radius 2 is 2.11 bits per heavy atom. The molecule has 0 aromatic heterocycles. The largest absolute Gasteiger partial charge is 0.480 e. The number of nitrogens with zero attached hydrogens (tertiary/aromatic N) is 2. The van der Waals surface area contributed by atoms with Gasteiger partial charge in [0.05, 0.1) is 11.6 Å². The van der Waals surface area contributed by atoms with Gasteiger partial charge in [-0.2, -0.15) is 5.26 Å². The van der Waals surface area contributed by atoms with Crippen LogP contribution in [0.5, 0.6) is 0 Å². The monoisotopic (exact) mass is 260 g/mol. The number of likely N-dealkylation sites (N-methyl/N-ethyl adjacent to an activating group) is 1. The SMILES string of the molecule is CCN(Cc1ccc(C#N)cc1C)C(C)(C)C(=O)O. The number of hydrogen-bond acceptors (Lipinski definition) is 3. The Kier molecular flexibility index (Phi) is 4.68. The van der Waals surface area contributed by atoms with E-state index in [0.29, 0.717) is 18.7 Å². The number of carbonyl (C=O) groups is 1. The fourth-order valence-electron chi connectivity index (χ4n) is 1.99. The van der Waals surface area contributed by atoms with Crippen LogP contribution in [0.4, 0.5) is 0 Å². The highest BCUT2D eigenvalue weighted by Gasteiger charge is 2.33. The zero-order valence-corrected chi connectivity index (χ0v) is 11.9. The summed E-state index contributed by atoms with van der Waals surface area (Å²) in [4.78, 5) is 13.2. The van der Waals surface area contributed by atoms with Gasteiger partial charge < -0.3 is 5.11 Å². The standard InChI is InChI=1S/C15H20N2O2/c1-5-17(15(3,4)14(18)19)10-13-7-6-12(9-16)8-11(13)2/h6-8H,5,10H2,1-4H3,(H,18,19). The summed E-state index contributed by atoms with van der Waals surface area (Å²) in [7, 11) is 0. The molecule has 0 aliphatic rings. The Morgan fingerprint density at radius 3 is 2.53 bits per heavy atom. The fraction of sp³-hybridized carbons (Fsp3) is 0.467. The van der Waals surface area contributed by atoms with Crippen LogP contribution >= 0.6 is 0 Å². The van der Waals surface area contributed by atoms with Gasteiger partial charge in [0, 0.05) is 6.54 Å². The number of aryl methyl sites for hydroxylation is 1. The van der Waals surface area contributed by atoms with Crippen molar-refractivity contribution in [2.24, 2.45) is 0 Å². The molecule has 19 heavy (non-hydrogen) atoms. The van der Waals surface area contributed by atoms with Crippen LogP contribution in [0.1, 0.15) is 37.5 Å². The van der Waals surface area contributed by atoms with E-state index in [1.54, 1.807) is 19.9 Å². The van der Waals surface area contributed by atoms with Crippen molar-refractivity contribution in [3.05, 3.63) is 34.9 Å². The lowest BCUT2D eigenvalue weighted by atomic mass is 9.99. The lowest BCUT2D eigenvalue weighted by Crippen LogP contribution is -2.49. The minimum absolute atomic E-state index is 0.563. The highest BCUT2D eigenvalue weighted by atomic mass is 16.4. The van der Waals surface area contributed by atoms with Crippen molar-refractivity contribution < 1.29 is 9.90 Å². The lowest BCUT2D eigenvalue weighted by Gasteiger charge is -2.34. The summed E-state index contributed by atoms with van der Waals surface area (Å²) >= 11 is 0. The molecule has 1 aromatic rings. The molecule has 102 valence electrons. The molecule has 4 heteroatoms. The maximum atomic E-state index is 11.3. The first-order valence-electron chi connectivity index (χ1n) is 6.31. The predicted octanol–water partition coefficient (Wildman–Crippen LogP) is 2.55. The Labute approximate surface area is 114 Å². The third-order valence-electron chi connectivity index (χ3n) is 3.53. The van der Waals surface area contributed by atoms with E-state index in [4.69, 9.17) is 5.26 Å². The Morgan fingerprint density at radius 1 is 1.47 bits per heavy atom. The summed E-state index contributed by atoms with van der Waals surface area (Å²) in [6, 6.07) is 7.60. The fourth-order valence-corrected chi connectivity index (χ4v) is 1.99. The Hall–Kier alpha value is -1.86. The van der Waals surface area contributed by atoms with Gasteiger partial charge in [-0.3, -0.25) is 9.69 Å². The van der Waals surface area contributed by atoms with Crippen molar-refractivity contribution in [2.45, 2.75) is 39.8 Å². The molecule has 0 saturated carbocycles. The van der Waals surface area contributed by atoms with Gasteiger partial charge in [-0.05, 0) is 50.6 Å². The number of carboxylic acids is 1. The summed E-state index contributed by atoms with van der Waals surface area (Å²) in [6.07, 6.45) is 0. The van der Waals surface area contributed by atoms with E-state index in [9.17, 15) is 9.90 Å². The van der Waals surface area contributed by atoms with E-state index in [2.05, 4.69) is 6.07 Å². The molecule has 1 rings (SSSR count). The number of benzene rings is 1. The average Bonchev–Trinajstić information content (AvgIpc) is 2.36. The highest BCUT2D eigenvalue weighted by molar-refractivity contribution is 5.77. The lowest BCUT2D eigenvalue weighted by molar-refractivity contribution is -0.149. The molecule has 0 heterocycles. The number of carboxylic acid groups (broad SMARTS) is 1. The second-order valence-corrected chi connectivity index (χ2v) is 5.13. The average molecular weight is 260 g/mol. The van der Waals surface area contributed by atoms with Gasteiger partial charge in [0.25, 0.3) is 0 Å². The van der Waals surface area contributed by atoms with Crippen molar-refractivity contribution in [1.29, 1.82) is 5.26 Å². The molecule has 0 aliphatic heterocycles. The Balaban J connectivity index is 3.00. The molecule has 0 unspecified atom stereocenters. The van der Waals surface area contributed by atoms with Crippen molar-refractivity contribution in [2.75, 3.05) is 6.54 Å². The van der Waals surface area contributed by atoms with Crippen LogP contribution in [0, 0.1) is 18.3 Å². The number of aliphatic carboxylic acids is 1. The molecular formula is C15H20N2O2. The molecule has 0 bridgehead atoms. The molecule has 0 amide bonds. The first kappa shape index (κ1) is 15.2. The maximum Gasteiger partial charge on any atom is 0.323 e. The third-order valence-corrected chi connectivity index (χ3v) is 3.53. The maximum absolute atomic E-state index is 11.3. The van der Waals surface area contributed by atoms with Crippen molar-refractivity contribution in [1.82, 2.24) is 4.90 Å². The van der Waals surface area contributed by atoms with Crippen LogP contribution in [0.2, 0.25) is 0 Å². The van der Waals surface area contributed by atoms with Crippen molar-refractivity contribution >= 4 is 5.97 Å². The highest BCUT2D eigenvalue weighted by Crippen LogP contribution is 2.20. The molecule has 1 N–H and O–H groups in total. The van der Waals surface area contributed by atoms with Crippen LogP contribution in [-0.2, 0) is 11.3 Å². The number of hydrogen-bond donors (Lipinski definition) is 1. The molecule has 0 atom stereocenters. The molecular weight excluding hydrogens is 240 g/mol. The second-order valence-electron chi connectivity index (χ2n) is 5.13. The van der Waals surface area contributed by atoms with Crippen molar-refractivity contribution in [3.63, 3.8) is 0 Å². The van der Waals surface area contributed by atoms with E-state index in [-0.39, 0.29) is 0 Å². The zero-order valence-electron chi connectivity index (χ0n) is 11.9. The van der Waals surface area contributed by atoms with Crippen molar-refractivity contribution in [3.8, 4) is 6.07 Å². The molecule has 1 aromatic carbocycles. The van der Waals surface area contributed by atoms with Gasteiger partial charge in [0.2, 0.25) is 0 Å². The molecule has 0 radical (unpaired) electrons. The van der Waals surface area contributed by atoms with E-state index in [1.165, 1.54) is 0 Å². The van der Waals surface area contributed by atoms with Gasteiger partial charge in [0.15, 0.2) is 0 Å². The third kappa shape index (κ3) is 3.33. The first-order chi connectivity index (χ1) is 8.82. The minimum Gasteiger partial charge on any atom is -0.480 e. The smallest absolute Gasteiger partial charge is 0.323 e. The van der Waals surface area contributed by atoms with Gasteiger partial charge in [-0.15, -0.1) is 0 Å². The summed E-state index contributed by atoms with van der Waals surface area (Å²) in [5.74, 6) is -0.833. The van der Waals surface area contributed by atoms with E-state index in [0.717, 1.165) is 11.1 Å².